The van der Waals surface area contributed by atoms with Gasteiger partial charge in [0.15, 0.2) is 5.78 Å². The average molecular weight is 389 g/mol. The minimum Gasteiger partial charge on any atom is -0.305 e. The molecular formula is C16H18F3N3O3S. The third-order valence-corrected chi connectivity index (χ3v) is 4.89. The van der Waals surface area contributed by atoms with Crippen LogP contribution in [-0.2, 0) is 6.18 Å². The molecule has 1 heterocycles. The number of aromatic amines is 1. The summed E-state index contributed by atoms with van der Waals surface area (Å²) in [5.74, 6) is -0.705. The quantitative estimate of drug-likeness (QED) is 0.608. The Morgan fingerprint density at radius 2 is 2.00 bits per heavy atom. The van der Waals surface area contributed by atoms with Gasteiger partial charge in [0, 0.05) is 12.0 Å². The molecule has 0 amide bonds. The van der Waals surface area contributed by atoms with E-state index in [1.54, 1.807) is 25.5 Å². The number of nitrogens with zero attached hydrogens (tertiary/aromatic N) is 1. The highest BCUT2D eigenvalue weighted by Crippen LogP contribution is 2.34. The van der Waals surface area contributed by atoms with Crippen LogP contribution in [0.2, 0.25) is 0 Å². The van der Waals surface area contributed by atoms with Crippen LogP contribution in [-0.4, -0.2) is 27.1 Å². The molecule has 142 valence electrons. The molecule has 0 aliphatic heterocycles. The summed E-state index contributed by atoms with van der Waals surface area (Å²) in [7, 11) is -0.606. The number of halogens is 3. The summed E-state index contributed by atoms with van der Waals surface area (Å²) in [5.41, 5.74) is -3.70. The predicted molar refractivity (Wildman–Crippen MR) is 97.7 cm³/mol. The standard InChI is InChI=1S/C16H18F3N3O3S/c1-4-6-13(23)9-7-10-12(8-11(9)16(17,18)19)20-15(25)22(14(10)24)21-26(3)5-2/h5,7-8,21H,4,6H2,1-3H3,(H,20,25). The van der Waals surface area contributed by atoms with E-state index in [4.69, 9.17) is 0 Å². The first-order chi connectivity index (χ1) is 12.1. The Hall–Kier alpha value is -2.36. The van der Waals surface area contributed by atoms with Gasteiger partial charge in [-0.15, -0.1) is 0 Å². The number of hydrogen-bond donors (Lipinski definition) is 2. The minimum absolute atomic E-state index is 0.0758. The number of nitrogens with one attached hydrogen (secondary N) is 2. The van der Waals surface area contributed by atoms with Crippen molar-refractivity contribution in [2.45, 2.75) is 32.9 Å². The summed E-state index contributed by atoms with van der Waals surface area (Å²) >= 11 is 0. The van der Waals surface area contributed by atoms with Gasteiger partial charge in [-0.25, -0.2) is 4.79 Å². The van der Waals surface area contributed by atoms with Crippen LogP contribution in [0.15, 0.2) is 21.7 Å². The van der Waals surface area contributed by atoms with Crippen LogP contribution < -0.4 is 16.1 Å². The first kappa shape index (κ1) is 20.0. The third kappa shape index (κ3) is 3.90. The highest BCUT2D eigenvalue weighted by Gasteiger charge is 2.35. The molecular weight excluding hydrogens is 371 g/mol. The van der Waals surface area contributed by atoms with Gasteiger partial charge in [-0.1, -0.05) is 17.6 Å². The van der Waals surface area contributed by atoms with E-state index in [1.807, 2.05) is 0 Å². The van der Waals surface area contributed by atoms with Crippen molar-refractivity contribution in [3.05, 3.63) is 44.1 Å². The van der Waals surface area contributed by atoms with Gasteiger partial charge < -0.3 is 4.98 Å². The molecule has 2 rings (SSSR count). The molecule has 2 aromatic rings. The van der Waals surface area contributed by atoms with Gasteiger partial charge in [0.2, 0.25) is 0 Å². The third-order valence-electron chi connectivity index (χ3n) is 3.71. The second-order valence-electron chi connectivity index (χ2n) is 5.57. The molecule has 6 nitrogen and oxygen atoms in total. The van der Waals surface area contributed by atoms with E-state index < -0.39 is 45.0 Å². The maximum Gasteiger partial charge on any atom is 0.417 e. The maximum absolute atomic E-state index is 13.3. The van der Waals surface area contributed by atoms with Crippen molar-refractivity contribution in [3.8, 4) is 0 Å². The molecule has 1 unspecified atom stereocenters. The fourth-order valence-electron chi connectivity index (χ4n) is 2.37. The summed E-state index contributed by atoms with van der Waals surface area (Å²) in [6.07, 6.45) is -2.77. The number of carbonyl (C=O) groups excluding carboxylic acids is 1. The Balaban J connectivity index is 2.84. The normalized spacial score (nSPS) is 13.2. The van der Waals surface area contributed by atoms with Crippen molar-refractivity contribution in [2.75, 3.05) is 11.1 Å². The van der Waals surface area contributed by atoms with Crippen LogP contribution in [0.25, 0.3) is 10.9 Å². The van der Waals surface area contributed by atoms with Crippen LogP contribution >= 0.6 is 10.7 Å². The first-order valence-electron chi connectivity index (χ1n) is 7.74. The van der Waals surface area contributed by atoms with Crippen LogP contribution in [0.4, 0.5) is 13.2 Å². The van der Waals surface area contributed by atoms with Gasteiger partial charge in [0.05, 0.1) is 16.5 Å². The molecule has 0 radical (unpaired) electrons. The van der Waals surface area contributed by atoms with Gasteiger partial charge in [0.25, 0.3) is 5.56 Å². The smallest absolute Gasteiger partial charge is 0.305 e. The van der Waals surface area contributed by atoms with E-state index in [2.05, 4.69) is 9.82 Å². The lowest BCUT2D eigenvalue weighted by atomic mass is 9.98. The summed E-state index contributed by atoms with van der Waals surface area (Å²) in [6, 6.07) is 1.55. The number of aromatic nitrogens is 2. The minimum atomic E-state index is -4.79. The van der Waals surface area contributed by atoms with E-state index in [0.717, 1.165) is 6.07 Å². The number of Topliss-reactive ketones (excluding diaryl/α,β-unsaturated/α-hetero) is 1. The maximum atomic E-state index is 13.3. The highest BCUT2D eigenvalue weighted by molar-refractivity contribution is 8.15. The Bertz CT molecular complexity index is 1010. The number of alkyl halides is 3. The van der Waals surface area contributed by atoms with E-state index in [-0.39, 0.29) is 17.3 Å². The summed E-state index contributed by atoms with van der Waals surface area (Å²) in [6.45, 7) is 3.40. The summed E-state index contributed by atoms with van der Waals surface area (Å²) in [5, 5.41) is 1.55. The van der Waals surface area contributed by atoms with E-state index in [1.165, 1.54) is 0 Å². The fourth-order valence-corrected chi connectivity index (χ4v) is 2.93. The molecule has 0 aliphatic rings. The molecule has 0 saturated carbocycles. The number of benzene rings is 1. The molecule has 0 aliphatic carbocycles. The number of hydrogen-bond acceptors (Lipinski definition) is 4. The van der Waals surface area contributed by atoms with Crippen molar-refractivity contribution >= 4 is 32.7 Å². The zero-order valence-corrected chi connectivity index (χ0v) is 15.2. The lowest BCUT2D eigenvalue weighted by Crippen LogP contribution is -2.39. The van der Waals surface area contributed by atoms with Crippen LogP contribution in [0.3, 0.4) is 0 Å². The molecule has 26 heavy (non-hydrogen) atoms. The second kappa shape index (κ2) is 7.48. The van der Waals surface area contributed by atoms with Crippen molar-refractivity contribution in [1.82, 2.24) is 9.66 Å². The number of ketones is 1. The monoisotopic (exact) mass is 389 g/mol. The highest BCUT2D eigenvalue weighted by atomic mass is 32.2. The van der Waals surface area contributed by atoms with Crippen molar-refractivity contribution in [3.63, 3.8) is 0 Å². The molecule has 0 fully saturated rings. The number of rotatable bonds is 5. The number of carbonyl (C=O) groups is 1. The van der Waals surface area contributed by atoms with Crippen LogP contribution in [0.1, 0.15) is 42.6 Å². The van der Waals surface area contributed by atoms with Crippen LogP contribution in [0, 0.1) is 0 Å². The molecule has 1 aromatic heterocycles. The summed E-state index contributed by atoms with van der Waals surface area (Å²) in [4.78, 5) is 41.7. The number of H-pyrrole nitrogens is 1. The molecule has 0 bridgehead atoms. The zero-order valence-electron chi connectivity index (χ0n) is 14.4. The molecule has 0 spiro atoms. The topological polar surface area (TPSA) is 84.0 Å². The largest absolute Gasteiger partial charge is 0.417 e. The Labute approximate surface area is 149 Å². The van der Waals surface area contributed by atoms with E-state index >= 15 is 0 Å². The van der Waals surface area contributed by atoms with Gasteiger partial charge >= 0.3 is 11.9 Å². The second-order valence-corrected chi connectivity index (χ2v) is 7.34. The van der Waals surface area contributed by atoms with Gasteiger partial charge in [-0.05, 0) is 37.1 Å². The van der Waals surface area contributed by atoms with Crippen molar-refractivity contribution < 1.29 is 18.0 Å². The average Bonchev–Trinajstić information content (AvgIpc) is 2.56. The fraction of sp³-hybridized carbons (Fsp3) is 0.375. The summed E-state index contributed by atoms with van der Waals surface area (Å²) < 4.78 is 40.7. The molecule has 2 N–H and O–H groups in total. The Morgan fingerprint density at radius 1 is 1.35 bits per heavy atom. The van der Waals surface area contributed by atoms with Gasteiger partial charge in [-0.3, -0.25) is 14.4 Å². The molecule has 1 atom stereocenters. The van der Waals surface area contributed by atoms with E-state index in [0.29, 0.717) is 17.2 Å². The van der Waals surface area contributed by atoms with Crippen molar-refractivity contribution in [2.24, 2.45) is 0 Å². The van der Waals surface area contributed by atoms with Crippen LogP contribution in [0.5, 0.6) is 0 Å². The SMILES string of the molecule is C/C=S(\C)Nn1c(=O)[nH]c2cc(C(F)(F)F)c(C(=O)CCC)cc2c1=O. The molecule has 10 heteroatoms. The van der Waals surface area contributed by atoms with E-state index in [9.17, 15) is 27.6 Å². The molecule has 1 aromatic carbocycles. The lowest BCUT2D eigenvalue weighted by Gasteiger charge is -2.15. The van der Waals surface area contributed by atoms with Gasteiger partial charge in [0.1, 0.15) is 0 Å². The zero-order chi connectivity index (χ0) is 19.6. The molecule has 0 saturated heterocycles. The Morgan fingerprint density at radius 3 is 2.54 bits per heavy atom. The first-order valence-corrected chi connectivity index (χ1v) is 9.44. The van der Waals surface area contributed by atoms with Crippen molar-refractivity contribution in [1.29, 1.82) is 0 Å². The predicted octanol–water partition coefficient (Wildman–Crippen LogP) is 2.87. The Kier molecular flexibility index (Phi) is 5.74. The van der Waals surface area contributed by atoms with Gasteiger partial charge in [-0.2, -0.15) is 17.8 Å². The number of fused-ring (bicyclic) bond motifs is 1. The lowest BCUT2D eigenvalue weighted by molar-refractivity contribution is -0.137.